The van der Waals surface area contributed by atoms with Gasteiger partial charge in [-0.1, -0.05) is 19.1 Å². The van der Waals surface area contributed by atoms with Crippen molar-refractivity contribution >= 4 is 29.3 Å². The lowest BCUT2D eigenvalue weighted by Gasteiger charge is -2.27. The number of anilines is 1. The van der Waals surface area contributed by atoms with Gasteiger partial charge in [-0.25, -0.2) is 9.69 Å². The summed E-state index contributed by atoms with van der Waals surface area (Å²) < 4.78 is 10.3. The van der Waals surface area contributed by atoms with Gasteiger partial charge in [0, 0.05) is 5.54 Å². The summed E-state index contributed by atoms with van der Waals surface area (Å²) in [6.07, 6.45) is 0.887. The van der Waals surface area contributed by atoms with E-state index in [4.69, 9.17) is 9.47 Å². The van der Waals surface area contributed by atoms with E-state index in [1.54, 1.807) is 24.3 Å². The average molecular weight is 453 g/mol. The van der Waals surface area contributed by atoms with Crippen LogP contribution >= 0.6 is 0 Å². The third kappa shape index (κ3) is 5.46. The highest BCUT2D eigenvalue weighted by Gasteiger charge is 2.41. The second kappa shape index (κ2) is 9.95. The molecule has 2 aromatic carbocycles. The highest BCUT2D eigenvalue weighted by atomic mass is 16.5. The molecule has 1 atom stereocenters. The summed E-state index contributed by atoms with van der Waals surface area (Å²) >= 11 is 0. The molecule has 1 aliphatic rings. The Bertz CT molecular complexity index is 1060. The fourth-order valence-corrected chi connectivity index (χ4v) is 3.50. The number of Topliss-reactive ketones (excluding diaryl/α,β-unsaturated/α-hetero) is 1. The fourth-order valence-electron chi connectivity index (χ4n) is 3.50. The maximum atomic E-state index is 12.8. The first-order valence-corrected chi connectivity index (χ1v) is 10.7. The molecule has 1 saturated heterocycles. The van der Waals surface area contributed by atoms with E-state index in [2.05, 4.69) is 5.32 Å². The van der Waals surface area contributed by atoms with Gasteiger partial charge in [-0.3, -0.25) is 14.4 Å². The smallest absolute Gasteiger partial charge is 0.338 e. The maximum absolute atomic E-state index is 12.8. The Morgan fingerprint density at radius 3 is 2.39 bits per heavy atom. The van der Waals surface area contributed by atoms with Gasteiger partial charge in [-0.15, -0.1) is 0 Å². The molecule has 8 nitrogen and oxygen atoms in total. The van der Waals surface area contributed by atoms with Crippen LogP contribution < -0.4 is 15.0 Å². The van der Waals surface area contributed by atoms with Gasteiger partial charge in [0.05, 0.1) is 36.4 Å². The molecule has 2 amide bonds. The number of amides is 2. The molecule has 3 rings (SSSR count). The van der Waals surface area contributed by atoms with Crippen molar-refractivity contribution in [3.8, 4) is 5.75 Å². The summed E-state index contributed by atoms with van der Waals surface area (Å²) in [5.74, 6) is -1.30. The summed E-state index contributed by atoms with van der Waals surface area (Å²) in [5, 5.41) is 3.24. The number of benzene rings is 2. The van der Waals surface area contributed by atoms with Gasteiger partial charge < -0.3 is 14.8 Å². The van der Waals surface area contributed by atoms with Crippen LogP contribution in [0.4, 0.5) is 5.69 Å². The van der Waals surface area contributed by atoms with E-state index in [-0.39, 0.29) is 35.1 Å². The SMILES string of the molecule is CCC(C)(C)NC1CC(=O)N(c2ccc(C(=O)OCC(=O)c3ccccc3OC)cc2)C1=O. The molecule has 1 aliphatic heterocycles. The highest BCUT2D eigenvalue weighted by molar-refractivity contribution is 6.22. The molecular formula is C25H28N2O6. The number of carbonyl (C=O) groups excluding carboxylic acids is 4. The minimum Gasteiger partial charge on any atom is -0.496 e. The van der Waals surface area contributed by atoms with Crippen molar-refractivity contribution in [3.05, 3.63) is 59.7 Å². The van der Waals surface area contributed by atoms with Gasteiger partial charge in [-0.05, 0) is 56.7 Å². The summed E-state index contributed by atoms with van der Waals surface area (Å²) in [5.41, 5.74) is 0.632. The Morgan fingerprint density at radius 2 is 1.76 bits per heavy atom. The number of ketones is 1. The molecule has 0 bridgehead atoms. The Hall–Kier alpha value is -3.52. The van der Waals surface area contributed by atoms with Gasteiger partial charge in [0.15, 0.2) is 6.61 Å². The molecule has 1 unspecified atom stereocenters. The number of nitrogens with one attached hydrogen (secondary N) is 1. The predicted molar refractivity (Wildman–Crippen MR) is 122 cm³/mol. The zero-order valence-electron chi connectivity index (χ0n) is 19.2. The van der Waals surface area contributed by atoms with Crippen LogP contribution in [0, 0.1) is 0 Å². The van der Waals surface area contributed by atoms with Crippen molar-refractivity contribution in [3.63, 3.8) is 0 Å². The fraction of sp³-hybridized carbons (Fsp3) is 0.360. The second-order valence-electron chi connectivity index (χ2n) is 8.45. The topological polar surface area (TPSA) is 102 Å². The molecule has 1 N–H and O–H groups in total. The lowest BCUT2D eigenvalue weighted by atomic mass is 10.00. The molecule has 33 heavy (non-hydrogen) atoms. The van der Waals surface area contributed by atoms with Gasteiger partial charge in [0.2, 0.25) is 11.7 Å². The van der Waals surface area contributed by atoms with Crippen LogP contribution in [0.25, 0.3) is 0 Å². The number of esters is 1. The van der Waals surface area contributed by atoms with Crippen LogP contribution in [0.3, 0.4) is 0 Å². The van der Waals surface area contributed by atoms with Gasteiger partial charge in [0.1, 0.15) is 5.75 Å². The Labute approximate surface area is 192 Å². The third-order valence-corrected chi connectivity index (χ3v) is 5.70. The predicted octanol–water partition coefficient (Wildman–Crippen LogP) is 3.15. The lowest BCUT2D eigenvalue weighted by molar-refractivity contribution is -0.121. The van der Waals surface area contributed by atoms with Crippen molar-refractivity contribution in [1.29, 1.82) is 0 Å². The molecule has 2 aromatic rings. The second-order valence-corrected chi connectivity index (χ2v) is 8.45. The largest absolute Gasteiger partial charge is 0.496 e. The van der Waals surface area contributed by atoms with E-state index in [1.165, 1.54) is 31.4 Å². The minimum absolute atomic E-state index is 0.0805. The van der Waals surface area contributed by atoms with Crippen molar-refractivity contribution in [2.45, 2.75) is 45.2 Å². The minimum atomic E-state index is -0.687. The zero-order chi connectivity index (χ0) is 24.2. The molecule has 174 valence electrons. The van der Waals surface area contributed by atoms with E-state index in [1.807, 2.05) is 20.8 Å². The number of para-hydroxylation sites is 1. The molecule has 0 radical (unpaired) electrons. The number of methoxy groups -OCH3 is 1. The van der Waals surface area contributed by atoms with Crippen LogP contribution in [0.15, 0.2) is 48.5 Å². The summed E-state index contributed by atoms with van der Waals surface area (Å²) in [6.45, 7) is 5.53. The number of nitrogens with zero attached hydrogens (tertiary/aromatic N) is 1. The van der Waals surface area contributed by atoms with Crippen molar-refractivity contribution in [2.75, 3.05) is 18.6 Å². The monoisotopic (exact) mass is 452 g/mol. The van der Waals surface area contributed by atoms with E-state index < -0.39 is 18.6 Å². The number of imide groups is 1. The standard InChI is InChI=1S/C25H28N2O6/c1-5-25(2,3)26-19-14-22(29)27(23(19)30)17-12-10-16(11-13-17)24(31)33-15-20(28)18-8-6-7-9-21(18)32-4/h6-13,19,26H,5,14-15H2,1-4H3. The molecule has 1 fully saturated rings. The number of hydrogen-bond donors (Lipinski definition) is 1. The number of carbonyl (C=O) groups is 4. The maximum Gasteiger partial charge on any atom is 0.338 e. The van der Waals surface area contributed by atoms with Crippen molar-refractivity contribution < 1.29 is 28.7 Å². The number of rotatable bonds is 9. The first kappa shape index (κ1) is 24.1. The van der Waals surface area contributed by atoms with Crippen LogP contribution in [-0.4, -0.2) is 48.9 Å². The molecule has 0 saturated carbocycles. The van der Waals surface area contributed by atoms with Crippen LogP contribution in [0.1, 0.15) is 54.3 Å². The van der Waals surface area contributed by atoms with E-state index in [0.717, 1.165) is 11.3 Å². The zero-order valence-corrected chi connectivity index (χ0v) is 19.2. The van der Waals surface area contributed by atoms with Crippen LogP contribution in [-0.2, 0) is 14.3 Å². The Morgan fingerprint density at radius 1 is 1.09 bits per heavy atom. The summed E-state index contributed by atoms with van der Waals surface area (Å²) in [7, 11) is 1.46. The first-order chi connectivity index (χ1) is 15.7. The van der Waals surface area contributed by atoms with Gasteiger partial charge in [0.25, 0.3) is 5.91 Å². The number of hydrogen-bond acceptors (Lipinski definition) is 7. The molecule has 0 spiro atoms. The summed E-state index contributed by atoms with van der Waals surface area (Å²) in [6, 6.07) is 12.0. The van der Waals surface area contributed by atoms with E-state index in [0.29, 0.717) is 17.0 Å². The highest BCUT2D eigenvalue weighted by Crippen LogP contribution is 2.25. The van der Waals surface area contributed by atoms with E-state index in [9.17, 15) is 19.2 Å². The summed E-state index contributed by atoms with van der Waals surface area (Å²) in [4.78, 5) is 51.1. The molecule has 1 heterocycles. The Kier molecular flexibility index (Phi) is 7.28. The first-order valence-electron chi connectivity index (χ1n) is 10.7. The van der Waals surface area contributed by atoms with Crippen molar-refractivity contribution in [2.24, 2.45) is 0 Å². The molecular weight excluding hydrogens is 424 g/mol. The normalized spacial score (nSPS) is 16.1. The third-order valence-electron chi connectivity index (χ3n) is 5.70. The van der Waals surface area contributed by atoms with Gasteiger partial charge in [-0.2, -0.15) is 0 Å². The van der Waals surface area contributed by atoms with Crippen LogP contribution in [0.2, 0.25) is 0 Å². The lowest BCUT2D eigenvalue weighted by Crippen LogP contribution is -2.49. The Balaban J connectivity index is 1.64. The van der Waals surface area contributed by atoms with Crippen LogP contribution in [0.5, 0.6) is 5.75 Å². The molecule has 0 aromatic heterocycles. The molecule has 0 aliphatic carbocycles. The number of ether oxygens (including phenoxy) is 2. The average Bonchev–Trinajstić information content (AvgIpc) is 3.09. The quantitative estimate of drug-likeness (QED) is 0.354. The van der Waals surface area contributed by atoms with Gasteiger partial charge >= 0.3 is 5.97 Å². The van der Waals surface area contributed by atoms with E-state index >= 15 is 0 Å². The van der Waals surface area contributed by atoms with Crippen molar-refractivity contribution in [1.82, 2.24) is 5.32 Å². The molecule has 8 heteroatoms.